The van der Waals surface area contributed by atoms with Crippen LogP contribution in [0.25, 0.3) is 0 Å². The molecule has 2 heterocycles. The molecule has 1 amide bonds. The van der Waals surface area contributed by atoms with Crippen LogP contribution in [0.3, 0.4) is 0 Å². The van der Waals surface area contributed by atoms with Gasteiger partial charge in [0.15, 0.2) is 0 Å². The van der Waals surface area contributed by atoms with Crippen LogP contribution in [0.5, 0.6) is 0 Å². The number of nitrogens with zero attached hydrogens (tertiary/aromatic N) is 1. The number of amides is 1. The van der Waals surface area contributed by atoms with E-state index in [1.807, 2.05) is 0 Å². The minimum absolute atomic E-state index is 0. The average Bonchev–Trinajstić information content (AvgIpc) is 3.09. The van der Waals surface area contributed by atoms with Gasteiger partial charge in [-0.25, -0.2) is 8.42 Å². The van der Waals surface area contributed by atoms with Gasteiger partial charge in [-0.2, -0.15) is 4.31 Å². The van der Waals surface area contributed by atoms with E-state index in [1.54, 1.807) is 12.3 Å². The molecule has 1 aromatic rings. The van der Waals surface area contributed by atoms with Crippen molar-refractivity contribution in [3.8, 4) is 0 Å². The maximum Gasteiger partial charge on any atom is 0.263 e. The Bertz CT molecular complexity index is 582. The van der Waals surface area contributed by atoms with Crippen molar-refractivity contribution < 1.29 is 13.2 Å². The van der Waals surface area contributed by atoms with E-state index in [0.29, 0.717) is 19.6 Å². The number of thiophene rings is 1. The molecule has 9 heteroatoms. The maximum absolute atomic E-state index is 12.5. The van der Waals surface area contributed by atoms with Gasteiger partial charge in [-0.15, -0.1) is 23.7 Å². The molecule has 21 heavy (non-hydrogen) atoms. The third-order valence-corrected chi connectivity index (χ3v) is 6.23. The number of hydrogen-bond donors (Lipinski definition) is 2. The van der Waals surface area contributed by atoms with Gasteiger partial charge >= 0.3 is 0 Å². The maximum atomic E-state index is 12.5. The Balaban J connectivity index is 0.00000220. The van der Waals surface area contributed by atoms with Gasteiger partial charge in [-0.1, -0.05) is 0 Å². The SMILES string of the molecule is C[C@@H](CN)NC(=O)c1sccc1S(=O)(=O)N1CCCC1.Cl. The van der Waals surface area contributed by atoms with Crippen LogP contribution in [0.1, 0.15) is 29.4 Å². The van der Waals surface area contributed by atoms with Gasteiger partial charge in [-0.05, 0) is 31.2 Å². The molecule has 0 saturated carbocycles. The van der Waals surface area contributed by atoms with Crippen LogP contribution < -0.4 is 11.1 Å². The van der Waals surface area contributed by atoms with Gasteiger partial charge in [-0.3, -0.25) is 4.79 Å². The monoisotopic (exact) mass is 353 g/mol. The smallest absolute Gasteiger partial charge is 0.263 e. The van der Waals surface area contributed by atoms with E-state index in [2.05, 4.69) is 5.32 Å². The van der Waals surface area contributed by atoms with Crippen LogP contribution in [-0.2, 0) is 10.0 Å². The second-order valence-electron chi connectivity index (χ2n) is 4.84. The first-order valence-electron chi connectivity index (χ1n) is 6.55. The summed E-state index contributed by atoms with van der Waals surface area (Å²) in [6.45, 7) is 3.14. The third kappa shape index (κ3) is 3.95. The highest BCUT2D eigenvalue weighted by Gasteiger charge is 2.31. The molecule has 1 fully saturated rings. The molecule has 0 aromatic carbocycles. The van der Waals surface area contributed by atoms with Crippen molar-refractivity contribution in [2.45, 2.75) is 30.7 Å². The fourth-order valence-electron chi connectivity index (χ4n) is 2.08. The minimum Gasteiger partial charge on any atom is -0.348 e. The van der Waals surface area contributed by atoms with Crippen molar-refractivity contribution >= 4 is 39.7 Å². The van der Waals surface area contributed by atoms with E-state index < -0.39 is 10.0 Å². The number of rotatable bonds is 5. The standard InChI is InChI=1S/C12H19N3O3S2.ClH/c1-9(8-13)14-12(16)11-10(4-7-19-11)20(17,18)15-5-2-3-6-15;/h4,7,9H,2-3,5-6,8,13H2,1H3,(H,14,16);1H/t9-;/m0./s1. The molecule has 0 bridgehead atoms. The molecular weight excluding hydrogens is 334 g/mol. The zero-order chi connectivity index (χ0) is 14.8. The molecule has 1 aliphatic heterocycles. The van der Waals surface area contributed by atoms with Crippen LogP contribution in [0.4, 0.5) is 0 Å². The van der Waals surface area contributed by atoms with Gasteiger partial charge in [0.05, 0.1) is 0 Å². The fraction of sp³-hybridized carbons (Fsp3) is 0.583. The van der Waals surface area contributed by atoms with Gasteiger partial charge in [0.2, 0.25) is 10.0 Å². The largest absolute Gasteiger partial charge is 0.348 e. The molecule has 3 N–H and O–H groups in total. The first kappa shape index (κ1) is 18.4. The molecule has 0 aliphatic carbocycles. The molecule has 0 radical (unpaired) electrons. The van der Waals surface area contributed by atoms with Gasteiger partial charge < -0.3 is 11.1 Å². The Hall–Kier alpha value is -0.670. The van der Waals surface area contributed by atoms with Gasteiger partial charge in [0.25, 0.3) is 5.91 Å². The summed E-state index contributed by atoms with van der Waals surface area (Å²) < 4.78 is 26.5. The van der Waals surface area contributed by atoms with E-state index in [-0.39, 0.29) is 34.1 Å². The first-order valence-corrected chi connectivity index (χ1v) is 8.87. The lowest BCUT2D eigenvalue weighted by atomic mass is 10.3. The molecular formula is C12H20ClN3O3S2. The quantitative estimate of drug-likeness (QED) is 0.827. The van der Waals surface area contributed by atoms with E-state index in [0.717, 1.165) is 24.2 Å². The highest BCUT2D eigenvalue weighted by Crippen LogP contribution is 2.27. The summed E-state index contributed by atoms with van der Waals surface area (Å²) in [5.74, 6) is -0.379. The summed E-state index contributed by atoms with van der Waals surface area (Å²) in [7, 11) is -3.56. The Labute approximate surface area is 135 Å². The molecule has 1 atom stereocenters. The molecule has 0 spiro atoms. The number of nitrogens with one attached hydrogen (secondary N) is 1. The second-order valence-corrected chi connectivity index (χ2v) is 7.66. The molecule has 1 aliphatic rings. The van der Waals surface area contributed by atoms with Crippen molar-refractivity contribution in [2.24, 2.45) is 5.73 Å². The van der Waals surface area contributed by atoms with Crippen molar-refractivity contribution in [1.29, 1.82) is 0 Å². The Morgan fingerprint density at radius 2 is 2.10 bits per heavy atom. The zero-order valence-corrected chi connectivity index (χ0v) is 14.2. The normalized spacial score (nSPS) is 17.2. The summed E-state index contributed by atoms with van der Waals surface area (Å²) in [5.41, 5.74) is 5.46. The highest BCUT2D eigenvalue weighted by atomic mass is 35.5. The highest BCUT2D eigenvalue weighted by molar-refractivity contribution is 7.89. The third-order valence-electron chi connectivity index (χ3n) is 3.25. The Morgan fingerprint density at radius 1 is 1.48 bits per heavy atom. The molecule has 0 unspecified atom stereocenters. The van der Waals surface area contributed by atoms with Crippen LogP contribution in [0.2, 0.25) is 0 Å². The lowest BCUT2D eigenvalue weighted by Crippen LogP contribution is -2.38. The second kappa shape index (κ2) is 7.55. The Morgan fingerprint density at radius 3 is 2.67 bits per heavy atom. The topological polar surface area (TPSA) is 92.5 Å². The molecule has 2 rings (SSSR count). The number of sulfonamides is 1. The number of carbonyl (C=O) groups is 1. The predicted octanol–water partition coefficient (Wildman–Crippen LogP) is 1.03. The molecule has 1 saturated heterocycles. The van der Waals surface area contributed by atoms with Crippen molar-refractivity contribution in [2.75, 3.05) is 19.6 Å². The lowest BCUT2D eigenvalue weighted by molar-refractivity contribution is 0.0942. The average molecular weight is 354 g/mol. The van der Waals surface area contributed by atoms with Gasteiger partial charge in [0, 0.05) is 25.7 Å². The summed E-state index contributed by atoms with van der Waals surface area (Å²) in [5, 5.41) is 4.33. The number of halogens is 1. The summed E-state index contributed by atoms with van der Waals surface area (Å²) >= 11 is 1.14. The summed E-state index contributed by atoms with van der Waals surface area (Å²) in [6.07, 6.45) is 1.74. The molecule has 6 nitrogen and oxygen atoms in total. The van der Waals surface area contributed by atoms with Crippen molar-refractivity contribution in [1.82, 2.24) is 9.62 Å². The van der Waals surface area contributed by atoms with Crippen LogP contribution in [0, 0.1) is 0 Å². The number of hydrogen-bond acceptors (Lipinski definition) is 5. The van der Waals surface area contributed by atoms with E-state index in [1.165, 1.54) is 10.4 Å². The molecule has 120 valence electrons. The first-order chi connectivity index (χ1) is 9.46. The van der Waals surface area contributed by atoms with Crippen molar-refractivity contribution in [3.05, 3.63) is 16.3 Å². The van der Waals surface area contributed by atoms with E-state index in [4.69, 9.17) is 5.73 Å². The van der Waals surface area contributed by atoms with Crippen LogP contribution in [-0.4, -0.2) is 44.3 Å². The predicted molar refractivity (Wildman–Crippen MR) is 85.5 cm³/mol. The van der Waals surface area contributed by atoms with E-state index >= 15 is 0 Å². The number of carbonyl (C=O) groups excluding carboxylic acids is 1. The molecule has 1 aromatic heterocycles. The zero-order valence-electron chi connectivity index (χ0n) is 11.7. The summed E-state index contributed by atoms with van der Waals surface area (Å²) in [4.78, 5) is 12.5. The lowest BCUT2D eigenvalue weighted by Gasteiger charge is -2.16. The fourth-order valence-corrected chi connectivity index (χ4v) is 4.90. The Kier molecular flexibility index (Phi) is 6.61. The van der Waals surface area contributed by atoms with Crippen molar-refractivity contribution in [3.63, 3.8) is 0 Å². The number of nitrogens with two attached hydrogens (primary N) is 1. The summed E-state index contributed by atoms with van der Waals surface area (Å²) in [6, 6.07) is 1.31. The minimum atomic E-state index is -3.56. The van der Waals surface area contributed by atoms with Gasteiger partial charge in [0.1, 0.15) is 9.77 Å². The van der Waals surface area contributed by atoms with E-state index in [9.17, 15) is 13.2 Å². The van der Waals surface area contributed by atoms with Crippen LogP contribution in [0.15, 0.2) is 16.3 Å². The van der Waals surface area contributed by atoms with Crippen LogP contribution >= 0.6 is 23.7 Å².